The summed E-state index contributed by atoms with van der Waals surface area (Å²) in [5, 5.41) is 10.5. The first-order valence-electron chi connectivity index (χ1n) is 10.9. The third kappa shape index (κ3) is 4.48. The molecule has 164 valence electrons. The number of aryl methyl sites for hydroxylation is 2. The molecule has 1 aromatic carbocycles. The maximum atomic E-state index is 5.23. The molecule has 0 aliphatic carbocycles. The third-order valence-electron chi connectivity index (χ3n) is 5.36. The van der Waals surface area contributed by atoms with Gasteiger partial charge in [-0.05, 0) is 56.0 Å². The van der Waals surface area contributed by atoms with Crippen molar-refractivity contribution in [3.8, 4) is 11.4 Å². The highest BCUT2D eigenvalue weighted by Gasteiger charge is 2.18. The molecule has 4 aromatic rings. The van der Waals surface area contributed by atoms with E-state index in [-0.39, 0.29) is 0 Å². The summed E-state index contributed by atoms with van der Waals surface area (Å²) in [6, 6.07) is 10.2. The summed E-state index contributed by atoms with van der Waals surface area (Å²) < 4.78 is 9.18. The summed E-state index contributed by atoms with van der Waals surface area (Å²) in [6.07, 6.45) is 2.05. The molecule has 0 saturated heterocycles. The van der Waals surface area contributed by atoms with E-state index in [1.165, 1.54) is 11.3 Å². The van der Waals surface area contributed by atoms with Crippen molar-refractivity contribution in [2.24, 2.45) is 0 Å². The van der Waals surface area contributed by atoms with Gasteiger partial charge in [-0.3, -0.25) is 4.68 Å². The normalized spacial score (nSPS) is 11.0. The molecule has 31 heavy (non-hydrogen) atoms. The maximum absolute atomic E-state index is 5.23. The molecule has 0 atom stereocenters. The van der Waals surface area contributed by atoms with Gasteiger partial charge in [-0.25, -0.2) is 9.67 Å². The lowest BCUT2D eigenvalue weighted by Gasteiger charge is -2.09. The van der Waals surface area contributed by atoms with Crippen LogP contribution in [0.2, 0.25) is 0 Å². The molecule has 0 aliphatic heterocycles. The van der Waals surface area contributed by atoms with Crippen LogP contribution in [-0.4, -0.2) is 31.7 Å². The number of benzene rings is 1. The summed E-state index contributed by atoms with van der Waals surface area (Å²) in [7, 11) is 1.67. The van der Waals surface area contributed by atoms with Crippen LogP contribution in [0.3, 0.4) is 0 Å². The summed E-state index contributed by atoms with van der Waals surface area (Å²) in [5.41, 5.74) is 7.41. The minimum Gasteiger partial charge on any atom is -0.497 e. The Hall–Kier alpha value is -3.15. The van der Waals surface area contributed by atoms with Gasteiger partial charge in [0.25, 0.3) is 0 Å². The Balaban J connectivity index is 0.00000132. The molecule has 6 heteroatoms. The topological polar surface area (TPSA) is 57.8 Å². The first kappa shape index (κ1) is 22.5. The van der Waals surface area contributed by atoms with E-state index < -0.39 is 0 Å². The summed E-state index contributed by atoms with van der Waals surface area (Å²) in [5.74, 6) is 1.29. The molecule has 0 radical (unpaired) electrons. The first-order valence-corrected chi connectivity index (χ1v) is 10.9. The van der Waals surface area contributed by atoms with Crippen molar-refractivity contribution in [2.75, 3.05) is 7.11 Å². The van der Waals surface area contributed by atoms with Gasteiger partial charge in [0.05, 0.1) is 30.7 Å². The van der Waals surface area contributed by atoms with Gasteiger partial charge in [-0.15, -0.1) is 0 Å². The van der Waals surface area contributed by atoms with E-state index in [4.69, 9.17) is 14.8 Å². The SMILES string of the molecule is CC.COc1ccc(Cn2cc3cc(-n4nc(C)c(C(C)C)c4C)c(C)nc3n2)cc1. The number of aromatic nitrogens is 5. The van der Waals surface area contributed by atoms with Crippen molar-refractivity contribution in [1.82, 2.24) is 24.5 Å². The zero-order valence-corrected chi connectivity index (χ0v) is 19.9. The quantitative estimate of drug-likeness (QED) is 0.413. The fourth-order valence-electron chi connectivity index (χ4n) is 4.02. The fourth-order valence-corrected chi connectivity index (χ4v) is 4.02. The van der Waals surface area contributed by atoms with E-state index in [1.807, 2.05) is 48.5 Å². The number of rotatable bonds is 5. The van der Waals surface area contributed by atoms with Crippen LogP contribution in [-0.2, 0) is 6.54 Å². The van der Waals surface area contributed by atoms with E-state index in [1.54, 1.807) is 7.11 Å². The van der Waals surface area contributed by atoms with Crippen molar-refractivity contribution in [3.05, 3.63) is 64.7 Å². The Morgan fingerprint density at radius 3 is 2.23 bits per heavy atom. The van der Waals surface area contributed by atoms with Gasteiger partial charge in [0.15, 0.2) is 5.65 Å². The number of fused-ring (bicyclic) bond motifs is 1. The summed E-state index contributed by atoms with van der Waals surface area (Å²) in [6.45, 7) is 15.3. The predicted molar refractivity (Wildman–Crippen MR) is 126 cm³/mol. The molecule has 6 nitrogen and oxygen atoms in total. The van der Waals surface area contributed by atoms with Crippen molar-refractivity contribution >= 4 is 11.0 Å². The van der Waals surface area contributed by atoms with E-state index >= 15 is 0 Å². The van der Waals surface area contributed by atoms with Crippen LogP contribution in [0.5, 0.6) is 5.75 Å². The first-order chi connectivity index (χ1) is 14.9. The lowest BCUT2D eigenvalue weighted by molar-refractivity contribution is 0.414. The predicted octanol–water partition coefficient (Wildman–Crippen LogP) is 5.75. The molecule has 0 N–H and O–H groups in total. The van der Waals surface area contributed by atoms with Crippen LogP contribution in [0.15, 0.2) is 36.5 Å². The average Bonchev–Trinajstić information content (AvgIpc) is 3.27. The number of pyridine rings is 1. The molecule has 0 aliphatic rings. The average molecular weight is 420 g/mol. The molecule has 3 heterocycles. The van der Waals surface area contributed by atoms with E-state index in [9.17, 15) is 0 Å². The number of hydrogen-bond acceptors (Lipinski definition) is 4. The van der Waals surface area contributed by atoms with Crippen molar-refractivity contribution < 1.29 is 4.74 Å². The Morgan fingerprint density at radius 2 is 1.65 bits per heavy atom. The highest BCUT2D eigenvalue weighted by molar-refractivity contribution is 5.77. The number of hydrogen-bond donors (Lipinski definition) is 0. The van der Waals surface area contributed by atoms with E-state index in [0.29, 0.717) is 12.5 Å². The maximum Gasteiger partial charge on any atom is 0.181 e. The molecule has 0 unspecified atom stereocenters. The second-order valence-electron chi connectivity index (χ2n) is 7.83. The van der Waals surface area contributed by atoms with Crippen LogP contribution in [0.1, 0.15) is 61.8 Å². The van der Waals surface area contributed by atoms with Crippen molar-refractivity contribution in [2.45, 2.75) is 60.9 Å². The summed E-state index contributed by atoms with van der Waals surface area (Å²) >= 11 is 0. The van der Waals surface area contributed by atoms with Crippen molar-refractivity contribution in [1.29, 1.82) is 0 Å². The van der Waals surface area contributed by atoms with Crippen LogP contribution in [0.4, 0.5) is 0 Å². The zero-order chi connectivity index (χ0) is 22.7. The van der Waals surface area contributed by atoms with E-state index in [2.05, 4.69) is 51.0 Å². The molecule has 0 amide bonds. The lowest BCUT2D eigenvalue weighted by atomic mass is 10.0. The molecule has 0 bridgehead atoms. The van der Waals surface area contributed by atoms with Gasteiger partial charge in [-0.2, -0.15) is 10.2 Å². The largest absolute Gasteiger partial charge is 0.497 e. The van der Waals surface area contributed by atoms with Gasteiger partial charge in [0, 0.05) is 17.3 Å². The van der Waals surface area contributed by atoms with Gasteiger partial charge in [0.2, 0.25) is 0 Å². The van der Waals surface area contributed by atoms with Crippen molar-refractivity contribution in [3.63, 3.8) is 0 Å². The second kappa shape index (κ2) is 9.33. The standard InChI is InChI=1S/C23H27N5O.C2H6/c1-14(2)22-16(4)25-28(17(22)5)21-11-19-13-27(26-23(19)24-15(21)3)12-18-7-9-20(29-6)10-8-18;1-2/h7-11,13-14H,12H2,1-6H3;1-2H3. The molecule has 0 spiro atoms. The van der Waals surface area contributed by atoms with Crippen LogP contribution < -0.4 is 4.74 Å². The van der Waals surface area contributed by atoms with Gasteiger partial charge < -0.3 is 4.74 Å². The van der Waals surface area contributed by atoms with Gasteiger partial charge in [0.1, 0.15) is 5.75 Å². The smallest absolute Gasteiger partial charge is 0.181 e. The number of methoxy groups -OCH3 is 1. The highest BCUT2D eigenvalue weighted by atomic mass is 16.5. The van der Waals surface area contributed by atoms with Crippen LogP contribution in [0, 0.1) is 20.8 Å². The minimum atomic E-state index is 0.438. The third-order valence-corrected chi connectivity index (χ3v) is 5.36. The number of nitrogens with zero attached hydrogens (tertiary/aromatic N) is 5. The molecular weight excluding hydrogens is 386 g/mol. The van der Waals surface area contributed by atoms with E-state index in [0.717, 1.165) is 39.4 Å². The zero-order valence-electron chi connectivity index (χ0n) is 19.9. The fraction of sp³-hybridized carbons (Fsp3) is 0.400. The molecule has 4 rings (SSSR count). The Labute approximate surface area is 184 Å². The Bertz CT molecular complexity index is 1170. The number of ether oxygens (including phenoxy) is 1. The minimum absolute atomic E-state index is 0.438. The Kier molecular flexibility index (Phi) is 6.78. The monoisotopic (exact) mass is 419 g/mol. The molecular formula is C25H33N5O. The molecule has 3 aromatic heterocycles. The summed E-state index contributed by atoms with van der Waals surface area (Å²) in [4.78, 5) is 4.75. The Morgan fingerprint density at radius 1 is 0.968 bits per heavy atom. The second-order valence-corrected chi connectivity index (χ2v) is 7.83. The highest BCUT2D eigenvalue weighted by Crippen LogP contribution is 2.27. The molecule has 0 fully saturated rings. The van der Waals surface area contributed by atoms with Crippen LogP contribution >= 0.6 is 0 Å². The van der Waals surface area contributed by atoms with Gasteiger partial charge >= 0.3 is 0 Å². The van der Waals surface area contributed by atoms with Crippen LogP contribution in [0.25, 0.3) is 16.7 Å². The van der Waals surface area contributed by atoms with Gasteiger partial charge in [-0.1, -0.05) is 39.8 Å². The lowest BCUT2D eigenvalue weighted by Crippen LogP contribution is -2.04. The molecule has 0 saturated carbocycles.